The Morgan fingerprint density at radius 2 is 1.86 bits per heavy atom. The largest absolute Gasteiger partial charge is 0.325 e. The molecule has 0 spiro atoms. The molecule has 1 aliphatic heterocycles. The molecule has 0 aromatic heterocycles. The minimum Gasteiger partial charge on any atom is -0.324 e. The third-order valence-electron chi connectivity index (χ3n) is 4.38. The average Bonchev–Trinajstić information content (AvgIpc) is 2.92. The number of hydrogen-bond acceptors (Lipinski definition) is 5. The van der Waals surface area contributed by atoms with Crippen LogP contribution in [0.5, 0.6) is 0 Å². The summed E-state index contributed by atoms with van der Waals surface area (Å²) in [7, 11) is 0. The summed E-state index contributed by atoms with van der Waals surface area (Å²) in [5, 5.41) is 14.1. The van der Waals surface area contributed by atoms with E-state index in [-0.39, 0.29) is 5.75 Å². The van der Waals surface area contributed by atoms with Gasteiger partial charge in [-0.25, -0.2) is 4.79 Å². The first-order chi connectivity index (χ1) is 13.5. The molecule has 1 unspecified atom stereocenters. The van der Waals surface area contributed by atoms with E-state index in [9.17, 15) is 14.4 Å². The number of imide groups is 1. The van der Waals surface area contributed by atoms with Gasteiger partial charge in [0.05, 0.1) is 17.5 Å². The van der Waals surface area contributed by atoms with E-state index < -0.39 is 29.9 Å². The number of nitrogens with one attached hydrogen (secondary N) is 2. The fourth-order valence-electron chi connectivity index (χ4n) is 2.95. The van der Waals surface area contributed by atoms with Crippen LogP contribution in [0.1, 0.15) is 12.5 Å². The molecule has 0 radical (unpaired) electrons. The summed E-state index contributed by atoms with van der Waals surface area (Å²) in [6, 6.07) is 17.4. The Kier molecular flexibility index (Phi) is 5.66. The zero-order chi connectivity index (χ0) is 20.1. The highest BCUT2D eigenvalue weighted by atomic mass is 32.2. The number of carbonyl (C=O) groups is 3. The van der Waals surface area contributed by atoms with Crippen LogP contribution in [-0.2, 0) is 15.1 Å². The Labute approximate surface area is 166 Å². The maximum absolute atomic E-state index is 12.9. The number of amides is 4. The van der Waals surface area contributed by atoms with Gasteiger partial charge in [-0.1, -0.05) is 42.5 Å². The van der Waals surface area contributed by atoms with Crippen molar-refractivity contribution in [2.24, 2.45) is 0 Å². The molecule has 7 nitrogen and oxygen atoms in total. The first kappa shape index (κ1) is 19.5. The predicted octanol–water partition coefficient (Wildman–Crippen LogP) is 2.71. The van der Waals surface area contributed by atoms with Crippen LogP contribution in [0.15, 0.2) is 59.5 Å². The van der Waals surface area contributed by atoms with Gasteiger partial charge < -0.3 is 10.6 Å². The fraction of sp³-hybridized carbons (Fsp3) is 0.200. The van der Waals surface area contributed by atoms with Crippen LogP contribution in [-0.4, -0.2) is 35.0 Å². The van der Waals surface area contributed by atoms with Gasteiger partial charge in [-0.15, -0.1) is 11.8 Å². The zero-order valence-corrected chi connectivity index (χ0v) is 16.0. The molecule has 1 aliphatic rings. The fourth-order valence-corrected chi connectivity index (χ4v) is 3.62. The van der Waals surface area contributed by atoms with E-state index in [0.717, 1.165) is 9.80 Å². The zero-order valence-electron chi connectivity index (χ0n) is 15.1. The van der Waals surface area contributed by atoms with Gasteiger partial charge in [0.1, 0.15) is 12.1 Å². The minimum atomic E-state index is -1.21. The number of carbonyl (C=O) groups excluding carboxylic acids is 3. The number of urea groups is 1. The number of anilines is 1. The Hall–Kier alpha value is -3.31. The van der Waals surface area contributed by atoms with Crippen molar-refractivity contribution < 1.29 is 14.4 Å². The molecule has 4 amide bonds. The van der Waals surface area contributed by atoms with Crippen LogP contribution in [0.3, 0.4) is 0 Å². The number of thioether (sulfide) groups is 1. The third kappa shape index (κ3) is 3.85. The van der Waals surface area contributed by atoms with Crippen molar-refractivity contribution in [3.63, 3.8) is 0 Å². The molecular formula is C20H18N4O3S. The average molecular weight is 394 g/mol. The number of nitrogens with zero attached hydrogens (tertiary/aromatic N) is 2. The van der Waals surface area contributed by atoms with E-state index in [1.165, 1.54) is 11.8 Å². The van der Waals surface area contributed by atoms with Crippen molar-refractivity contribution in [3.05, 3.63) is 60.2 Å². The van der Waals surface area contributed by atoms with Gasteiger partial charge in [0.15, 0.2) is 0 Å². The van der Waals surface area contributed by atoms with E-state index in [0.29, 0.717) is 11.3 Å². The highest BCUT2D eigenvalue weighted by Crippen LogP contribution is 2.29. The SMILES string of the molecule is CC1(c2ccccc2)NC(=O)N(CC(=O)Nc2ccccc2SCC#N)C1=O. The summed E-state index contributed by atoms with van der Waals surface area (Å²) in [5.41, 5.74) is -0.0285. The van der Waals surface area contributed by atoms with Gasteiger partial charge in [0.2, 0.25) is 5.91 Å². The standard InChI is InChI=1S/C20H18N4O3S/c1-20(14-7-3-2-4-8-14)18(26)24(19(27)23-20)13-17(25)22-15-9-5-6-10-16(15)28-12-11-21/h2-10H,12-13H2,1H3,(H,22,25)(H,23,27). The topological polar surface area (TPSA) is 102 Å². The third-order valence-corrected chi connectivity index (χ3v) is 5.32. The second kappa shape index (κ2) is 8.15. The minimum absolute atomic E-state index is 0.245. The normalized spacial score (nSPS) is 18.5. The number of benzene rings is 2. The molecule has 2 aromatic carbocycles. The lowest BCUT2D eigenvalue weighted by atomic mass is 9.92. The molecule has 0 saturated carbocycles. The summed E-state index contributed by atoms with van der Waals surface area (Å²) in [6.07, 6.45) is 0. The highest BCUT2D eigenvalue weighted by molar-refractivity contribution is 7.99. The van der Waals surface area contributed by atoms with Crippen LogP contribution in [0.25, 0.3) is 0 Å². The lowest BCUT2D eigenvalue weighted by molar-refractivity contribution is -0.133. The van der Waals surface area contributed by atoms with Gasteiger partial charge in [-0.3, -0.25) is 14.5 Å². The van der Waals surface area contributed by atoms with Gasteiger partial charge in [-0.05, 0) is 24.6 Å². The molecule has 0 aliphatic carbocycles. The van der Waals surface area contributed by atoms with Crippen LogP contribution in [0.2, 0.25) is 0 Å². The van der Waals surface area contributed by atoms with Gasteiger partial charge >= 0.3 is 6.03 Å². The van der Waals surface area contributed by atoms with Crippen LogP contribution in [0, 0.1) is 11.3 Å². The van der Waals surface area contributed by atoms with Crippen molar-refractivity contribution in [3.8, 4) is 6.07 Å². The molecule has 2 aromatic rings. The summed E-state index contributed by atoms with van der Waals surface area (Å²) < 4.78 is 0. The molecule has 1 saturated heterocycles. The maximum Gasteiger partial charge on any atom is 0.325 e. The molecular weight excluding hydrogens is 376 g/mol. The van der Waals surface area contributed by atoms with Gasteiger partial charge in [-0.2, -0.15) is 5.26 Å². The summed E-state index contributed by atoms with van der Waals surface area (Å²) in [6.45, 7) is 1.22. The molecule has 1 fully saturated rings. The van der Waals surface area contributed by atoms with E-state index >= 15 is 0 Å². The Morgan fingerprint density at radius 3 is 2.57 bits per heavy atom. The lowest BCUT2D eigenvalue weighted by Crippen LogP contribution is -2.42. The molecule has 8 heteroatoms. The van der Waals surface area contributed by atoms with Crippen molar-refractivity contribution in [1.82, 2.24) is 10.2 Å². The van der Waals surface area contributed by atoms with Crippen molar-refractivity contribution >= 4 is 35.3 Å². The molecule has 1 heterocycles. The van der Waals surface area contributed by atoms with E-state index in [2.05, 4.69) is 10.6 Å². The van der Waals surface area contributed by atoms with Crippen LogP contribution in [0.4, 0.5) is 10.5 Å². The Balaban J connectivity index is 1.72. The van der Waals surface area contributed by atoms with Crippen molar-refractivity contribution in [1.29, 1.82) is 5.26 Å². The number of nitriles is 1. The molecule has 1 atom stereocenters. The summed E-state index contributed by atoms with van der Waals surface area (Å²) in [4.78, 5) is 39.3. The van der Waals surface area contributed by atoms with Gasteiger partial charge in [0.25, 0.3) is 5.91 Å². The lowest BCUT2D eigenvalue weighted by Gasteiger charge is -2.22. The Morgan fingerprint density at radius 1 is 1.18 bits per heavy atom. The molecule has 2 N–H and O–H groups in total. The second-order valence-corrected chi connectivity index (χ2v) is 7.32. The smallest absolute Gasteiger partial charge is 0.324 e. The second-order valence-electron chi connectivity index (χ2n) is 6.30. The molecule has 3 rings (SSSR count). The van der Waals surface area contributed by atoms with E-state index in [4.69, 9.17) is 5.26 Å². The first-order valence-electron chi connectivity index (χ1n) is 8.54. The Bertz CT molecular complexity index is 957. The van der Waals surface area contributed by atoms with E-state index in [1.807, 2.05) is 12.1 Å². The van der Waals surface area contributed by atoms with Gasteiger partial charge in [0, 0.05) is 4.90 Å². The quantitative estimate of drug-likeness (QED) is 0.579. The van der Waals surface area contributed by atoms with Crippen molar-refractivity contribution in [2.75, 3.05) is 17.6 Å². The monoisotopic (exact) mass is 394 g/mol. The summed E-state index contributed by atoms with van der Waals surface area (Å²) >= 11 is 1.29. The maximum atomic E-state index is 12.9. The van der Waals surface area contributed by atoms with E-state index in [1.54, 1.807) is 55.5 Å². The predicted molar refractivity (Wildman–Crippen MR) is 105 cm³/mol. The van der Waals surface area contributed by atoms with Crippen LogP contribution >= 0.6 is 11.8 Å². The molecule has 142 valence electrons. The molecule has 0 bridgehead atoms. The summed E-state index contributed by atoms with van der Waals surface area (Å²) in [5.74, 6) is -0.730. The number of rotatable bonds is 6. The van der Waals surface area contributed by atoms with Crippen LogP contribution < -0.4 is 10.6 Å². The first-order valence-corrected chi connectivity index (χ1v) is 9.52. The highest BCUT2D eigenvalue weighted by Gasteiger charge is 2.49. The van der Waals surface area contributed by atoms with Crippen molar-refractivity contribution in [2.45, 2.75) is 17.4 Å². The number of hydrogen-bond donors (Lipinski definition) is 2. The molecule has 28 heavy (non-hydrogen) atoms. The number of para-hydroxylation sites is 1.